The largest absolute Gasteiger partial charge is 0.361 e. The molecule has 1 N–H and O–H groups in total. The van der Waals surface area contributed by atoms with Crippen LogP contribution in [-0.4, -0.2) is 22.0 Å². The molecule has 0 bridgehead atoms. The first-order valence-corrected chi connectivity index (χ1v) is 9.72. The summed E-state index contributed by atoms with van der Waals surface area (Å²) in [5, 5.41) is 7.00. The van der Waals surface area contributed by atoms with Gasteiger partial charge in [-0.15, -0.1) is 0 Å². The van der Waals surface area contributed by atoms with Crippen molar-refractivity contribution in [2.24, 2.45) is 0 Å². The summed E-state index contributed by atoms with van der Waals surface area (Å²) >= 11 is 0. The average Bonchev–Trinajstić information content (AvgIpc) is 3.18. The molecule has 4 rings (SSSR count). The van der Waals surface area contributed by atoms with Crippen LogP contribution in [0.2, 0.25) is 0 Å². The van der Waals surface area contributed by atoms with Gasteiger partial charge in [0.15, 0.2) is 0 Å². The lowest BCUT2D eigenvalue weighted by Crippen LogP contribution is -2.40. The Morgan fingerprint density at radius 3 is 2.67 bits per heavy atom. The van der Waals surface area contributed by atoms with Crippen molar-refractivity contribution in [2.45, 2.75) is 64.5 Å². The second kappa shape index (κ2) is 6.83. The zero-order valence-corrected chi connectivity index (χ0v) is 15.9. The molecule has 27 heavy (non-hydrogen) atoms. The van der Waals surface area contributed by atoms with Crippen LogP contribution < -0.4 is 5.32 Å². The van der Waals surface area contributed by atoms with Gasteiger partial charge in [0, 0.05) is 12.0 Å². The van der Waals surface area contributed by atoms with Crippen LogP contribution in [0.1, 0.15) is 61.3 Å². The maximum Gasteiger partial charge on any atom is 0.325 e. The van der Waals surface area contributed by atoms with Crippen LogP contribution in [-0.2, 0) is 36.1 Å². The Labute approximate surface area is 158 Å². The Morgan fingerprint density at radius 2 is 1.93 bits per heavy atom. The van der Waals surface area contributed by atoms with E-state index in [2.05, 4.69) is 17.4 Å². The predicted octanol–water partition coefficient (Wildman–Crippen LogP) is 3.47. The van der Waals surface area contributed by atoms with E-state index < -0.39 is 5.54 Å². The van der Waals surface area contributed by atoms with E-state index in [1.54, 1.807) is 6.92 Å². The van der Waals surface area contributed by atoms with E-state index in [4.69, 9.17) is 4.52 Å². The lowest BCUT2D eigenvalue weighted by Gasteiger charge is -2.22. The molecule has 2 aromatic rings. The predicted molar refractivity (Wildman–Crippen MR) is 100 cm³/mol. The second-order valence-electron chi connectivity index (χ2n) is 7.63. The highest BCUT2D eigenvalue weighted by molar-refractivity contribution is 6.07. The van der Waals surface area contributed by atoms with Gasteiger partial charge in [-0.05, 0) is 43.7 Å². The highest BCUT2D eigenvalue weighted by atomic mass is 16.5. The average molecular weight is 367 g/mol. The Balaban J connectivity index is 1.57. The Hall–Kier alpha value is -2.63. The third kappa shape index (κ3) is 3.03. The van der Waals surface area contributed by atoms with E-state index in [1.807, 2.05) is 24.3 Å². The summed E-state index contributed by atoms with van der Waals surface area (Å²) in [6, 6.07) is 7.54. The van der Waals surface area contributed by atoms with Crippen molar-refractivity contribution in [3.63, 3.8) is 0 Å². The van der Waals surface area contributed by atoms with E-state index in [9.17, 15) is 9.59 Å². The van der Waals surface area contributed by atoms with E-state index in [0.29, 0.717) is 5.69 Å². The molecule has 3 amide bonds. The third-order valence-electron chi connectivity index (χ3n) is 5.68. The molecule has 1 aliphatic carbocycles. The number of nitrogens with zero attached hydrogens (tertiary/aromatic N) is 2. The Bertz CT molecular complexity index is 871. The molecule has 1 aromatic carbocycles. The number of benzene rings is 1. The van der Waals surface area contributed by atoms with Gasteiger partial charge in [0.05, 0.1) is 6.54 Å². The molecule has 0 saturated carbocycles. The molecular weight excluding hydrogens is 342 g/mol. The number of aromatic nitrogens is 1. The second-order valence-corrected chi connectivity index (χ2v) is 7.63. The summed E-state index contributed by atoms with van der Waals surface area (Å²) < 4.78 is 5.42. The van der Waals surface area contributed by atoms with Gasteiger partial charge >= 0.3 is 6.03 Å². The third-order valence-corrected chi connectivity index (χ3v) is 5.68. The lowest BCUT2D eigenvalue weighted by atomic mass is 9.90. The van der Waals surface area contributed by atoms with Crippen molar-refractivity contribution in [3.05, 3.63) is 52.4 Å². The first-order valence-electron chi connectivity index (χ1n) is 9.72. The van der Waals surface area contributed by atoms with Crippen LogP contribution in [0.15, 0.2) is 28.8 Å². The van der Waals surface area contributed by atoms with Gasteiger partial charge in [-0.3, -0.25) is 9.69 Å². The number of carbonyl (C=O) groups is 2. The summed E-state index contributed by atoms with van der Waals surface area (Å²) in [5.41, 5.74) is 2.75. The fourth-order valence-corrected chi connectivity index (χ4v) is 4.05. The molecule has 2 aliphatic rings. The summed E-state index contributed by atoms with van der Waals surface area (Å²) in [4.78, 5) is 27.0. The smallest absolute Gasteiger partial charge is 0.325 e. The quantitative estimate of drug-likeness (QED) is 0.821. The maximum absolute atomic E-state index is 13.1. The molecular formula is C21H25N3O3. The van der Waals surface area contributed by atoms with Crippen LogP contribution in [0.5, 0.6) is 0 Å². The van der Waals surface area contributed by atoms with Crippen LogP contribution in [0.25, 0.3) is 0 Å². The number of amides is 3. The van der Waals surface area contributed by atoms with Gasteiger partial charge in [0.25, 0.3) is 5.91 Å². The van der Waals surface area contributed by atoms with E-state index in [0.717, 1.165) is 55.4 Å². The fraction of sp³-hybridized carbons (Fsp3) is 0.476. The highest BCUT2D eigenvalue weighted by Crippen LogP contribution is 2.31. The van der Waals surface area contributed by atoms with Crippen molar-refractivity contribution in [1.29, 1.82) is 0 Å². The SMILES string of the molecule is CCCc1ccc(C2(C)NC(=O)N(Cc3noc4c3CCCC4)C2=O)cc1. The minimum Gasteiger partial charge on any atom is -0.361 e. The minimum absolute atomic E-state index is 0.160. The molecule has 1 fully saturated rings. The minimum atomic E-state index is -1.05. The Kier molecular flexibility index (Phi) is 4.50. The van der Waals surface area contributed by atoms with E-state index in [-0.39, 0.29) is 18.5 Å². The zero-order valence-electron chi connectivity index (χ0n) is 15.9. The number of hydrogen-bond acceptors (Lipinski definition) is 4. The molecule has 1 aliphatic heterocycles. The standard InChI is InChI=1S/C21H25N3O3/c1-3-6-14-9-11-15(12-10-14)21(2)19(25)24(20(26)22-21)13-17-16-7-4-5-8-18(16)27-23-17/h9-12H,3-8,13H2,1-2H3,(H,22,26). The van der Waals surface area contributed by atoms with Crippen LogP contribution in [0.3, 0.4) is 0 Å². The summed E-state index contributed by atoms with van der Waals surface area (Å²) in [6.07, 6.45) is 6.03. The topological polar surface area (TPSA) is 75.4 Å². The van der Waals surface area contributed by atoms with Crippen molar-refractivity contribution >= 4 is 11.9 Å². The molecule has 0 radical (unpaired) electrons. The van der Waals surface area contributed by atoms with Crippen molar-refractivity contribution in [2.75, 3.05) is 0 Å². The van der Waals surface area contributed by atoms with Gasteiger partial charge in [-0.25, -0.2) is 4.79 Å². The van der Waals surface area contributed by atoms with Gasteiger partial charge in [-0.2, -0.15) is 0 Å². The summed E-state index contributed by atoms with van der Waals surface area (Å²) in [6.45, 7) is 4.06. The lowest BCUT2D eigenvalue weighted by molar-refractivity contribution is -0.131. The monoisotopic (exact) mass is 367 g/mol. The number of carbonyl (C=O) groups excluding carboxylic acids is 2. The van der Waals surface area contributed by atoms with E-state index >= 15 is 0 Å². The Morgan fingerprint density at radius 1 is 1.19 bits per heavy atom. The van der Waals surface area contributed by atoms with Crippen LogP contribution in [0.4, 0.5) is 4.79 Å². The molecule has 6 nitrogen and oxygen atoms in total. The molecule has 1 atom stereocenters. The molecule has 142 valence electrons. The van der Waals surface area contributed by atoms with Crippen molar-refractivity contribution in [1.82, 2.24) is 15.4 Å². The number of hydrogen-bond donors (Lipinski definition) is 1. The van der Waals surface area contributed by atoms with Gasteiger partial charge in [-0.1, -0.05) is 42.8 Å². The molecule has 0 spiro atoms. The first kappa shape index (κ1) is 17.8. The number of urea groups is 1. The van der Waals surface area contributed by atoms with Crippen molar-refractivity contribution < 1.29 is 14.1 Å². The molecule has 1 saturated heterocycles. The molecule has 1 aromatic heterocycles. The molecule has 6 heteroatoms. The van der Waals surface area contributed by atoms with Crippen LogP contribution >= 0.6 is 0 Å². The number of fused-ring (bicyclic) bond motifs is 1. The maximum atomic E-state index is 13.1. The first-order chi connectivity index (χ1) is 13.0. The number of aryl methyl sites for hydroxylation is 2. The van der Waals surface area contributed by atoms with Gasteiger partial charge in [0.2, 0.25) is 0 Å². The van der Waals surface area contributed by atoms with Gasteiger partial charge < -0.3 is 9.84 Å². The molecule has 1 unspecified atom stereocenters. The normalized spacial score (nSPS) is 22.1. The van der Waals surface area contributed by atoms with Crippen LogP contribution in [0, 0.1) is 0 Å². The molecule has 2 heterocycles. The van der Waals surface area contributed by atoms with E-state index in [1.165, 1.54) is 10.5 Å². The fourth-order valence-electron chi connectivity index (χ4n) is 4.05. The number of nitrogens with one attached hydrogen (secondary N) is 1. The summed E-state index contributed by atoms with van der Waals surface area (Å²) in [5.74, 6) is 0.654. The number of imide groups is 1. The number of rotatable bonds is 5. The highest BCUT2D eigenvalue weighted by Gasteiger charge is 2.49. The van der Waals surface area contributed by atoms with Crippen molar-refractivity contribution in [3.8, 4) is 0 Å². The zero-order chi connectivity index (χ0) is 19.0. The summed E-state index contributed by atoms with van der Waals surface area (Å²) in [7, 11) is 0. The van der Waals surface area contributed by atoms with Gasteiger partial charge in [0.1, 0.15) is 17.0 Å².